The zero-order chi connectivity index (χ0) is 15.9. The molecule has 0 bridgehead atoms. The highest BCUT2D eigenvalue weighted by Crippen LogP contribution is 2.19. The molecule has 2 rings (SSSR count). The first-order valence-electron chi connectivity index (χ1n) is 9.45. The molecule has 0 saturated carbocycles. The number of nitrogens with zero attached hydrogens (tertiary/aromatic N) is 4. The number of piperazine rings is 1. The summed E-state index contributed by atoms with van der Waals surface area (Å²) in [4.78, 5) is 10.4. The lowest BCUT2D eigenvalue weighted by Crippen LogP contribution is -2.49. The van der Waals surface area contributed by atoms with Gasteiger partial charge >= 0.3 is 0 Å². The Bertz CT molecular complexity index is 291. The van der Waals surface area contributed by atoms with E-state index < -0.39 is 0 Å². The summed E-state index contributed by atoms with van der Waals surface area (Å²) in [6.45, 7) is 19.6. The van der Waals surface area contributed by atoms with Crippen molar-refractivity contribution in [2.45, 2.75) is 39.7 Å². The molecule has 0 amide bonds. The maximum absolute atomic E-state index is 2.71. The predicted molar refractivity (Wildman–Crippen MR) is 95.5 cm³/mol. The van der Waals surface area contributed by atoms with Crippen LogP contribution in [0.4, 0.5) is 0 Å². The van der Waals surface area contributed by atoms with Crippen LogP contribution in [-0.4, -0.2) is 98.1 Å². The average Bonchev–Trinajstić information content (AvgIpc) is 2.54. The van der Waals surface area contributed by atoms with Crippen molar-refractivity contribution in [3.05, 3.63) is 0 Å². The van der Waals surface area contributed by atoms with E-state index in [1.54, 1.807) is 0 Å². The van der Waals surface area contributed by atoms with E-state index in [0.717, 1.165) is 5.92 Å². The molecule has 0 radical (unpaired) electrons. The van der Waals surface area contributed by atoms with Crippen LogP contribution in [0.25, 0.3) is 0 Å². The maximum Gasteiger partial charge on any atom is 0.0110 e. The number of likely N-dealkylation sites (tertiary alicyclic amines) is 1. The Kier molecular flexibility index (Phi) is 7.61. The van der Waals surface area contributed by atoms with Gasteiger partial charge in [0.1, 0.15) is 0 Å². The van der Waals surface area contributed by atoms with Crippen LogP contribution in [0, 0.1) is 5.92 Å². The minimum Gasteiger partial charge on any atom is -0.303 e. The Balaban J connectivity index is 1.59. The maximum atomic E-state index is 2.71. The highest BCUT2D eigenvalue weighted by atomic mass is 15.3. The van der Waals surface area contributed by atoms with Crippen LogP contribution in [0.1, 0.15) is 33.6 Å². The lowest BCUT2D eigenvalue weighted by molar-refractivity contribution is 0.0939. The van der Waals surface area contributed by atoms with Crippen LogP contribution in [0.2, 0.25) is 0 Å². The minimum absolute atomic E-state index is 0.666. The van der Waals surface area contributed by atoms with Crippen LogP contribution in [-0.2, 0) is 0 Å². The molecule has 0 atom stereocenters. The number of hydrogen-bond acceptors (Lipinski definition) is 4. The Morgan fingerprint density at radius 2 is 1.50 bits per heavy atom. The first kappa shape index (κ1) is 18.2. The molecule has 0 aliphatic carbocycles. The molecule has 2 heterocycles. The van der Waals surface area contributed by atoms with E-state index in [1.165, 1.54) is 78.3 Å². The second-order valence-corrected chi connectivity index (χ2v) is 7.59. The number of rotatable bonds is 7. The van der Waals surface area contributed by atoms with Crippen LogP contribution in [0.5, 0.6) is 0 Å². The van der Waals surface area contributed by atoms with Gasteiger partial charge in [-0.15, -0.1) is 0 Å². The molecule has 4 nitrogen and oxygen atoms in total. The molecular weight excluding hydrogens is 272 g/mol. The molecule has 130 valence electrons. The summed E-state index contributed by atoms with van der Waals surface area (Å²) in [5, 5.41) is 0. The molecule has 0 unspecified atom stereocenters. The van der Waals surface area contributed by atoms with Crippen molar-refractivity contribution in [3.8, 4) is 0 Å². The Morgan fingerprint density at radius 1 is 0.909 bits per heavy atom. The minimum atomic E-state index is 0.666. The highest BCUT2D eigenvalue weighted by molar-refractivity contribution is 4.78. The lowest BCUT2D eigenvalue weighted by Gasteiger charge is -2.39. The first-order valence-corrected chi connectivity index (χ1v) is 9.45. The van der Waals surface area contributed by atoms with E-state index in [2.05, 4.69) is 47.4 Å². The van der Waals surface area contributed by atoms with E-state index in [-0.39, 0.29) is 0 Å². The predicted octanol–water partition coefficient (Wildman–Crippen LogP) is 1.68. The highest BCUT2D eigenvalue weighted by Gasteiger charge is 2.23. The quantitative estimate of drug-likeness (QED) is 0.709. The average molecular weight is 311 g/mol. The monoisotopic (exact) mass is 310 g/mol. The van der Waals surface area contributed by atoms with Gasteiger partial charge in [0.15, 0.2) is 0 Å². The third-order valence-corrected chi connectivity index (χ3v) is 5.79. The fourth-order valence-corrected chi connectivity index (χ4v) is 3.60. The van der Waals surface area contributed by atoms with Gasteiger partial charge in [-0.2, -0.15) is 0 Å². The zero-order valence-electron chi connectivity index (χ0n) is 15.4. The van der Waals surface area contributed by atoms with Crippen LogP contribution in [0.3, 0.4) is 0 Å². The van der Waals surface area contributed by atoms with Crippen molar-refractivity contribution in [2.75, 3.05) is 72.5 Å². The molecule has 0 aromatic rings. The summed E-state index contributed by atoms with van der Waals surface area (Å²) in [6, 6.07) is 0.666. The van der Waals surface area contributed by atoms with E-state index in [9.17, 15) is 0 Å². The van der Waals surface area contributed by atoms with Crippen LogP contribution < -0.4 is 0 Å². The topological polar surface area (TPSA) is 13.0 Å². The Labute approximate surface area is 138 Å². The Morgan fingerprint density at radius 3 is 2.05 bits per heavy atom. The van der Waals surface area contributed by atoms with Crippen LogP contribution >= 0.6 is 0 Å². The third-order valence-electron chi connectivity index (χ3n) is 5.79. The van der Waals surface area contributed by atoms with E-state index in [4.69, 9.17) is 0 Å². The van der Waals surface area contributed by atoms with Gasteiger partial charge in [0, 0.05) is 51.9 Å². The van der Waals surface area contributed by atoms with Crippen molar-refractivity contribution in [1.29, 1.82) is 0 Å². The van der Waals surface area contributed by atoms with Crippen molar-refractivity contribution in [3.63, 3.8) is 0 Å². The molecule has 4 heteroatoms. The normalized spacial score (nSPS) is 23.7. The summed E-state index contributed by atoms with van der Waals surface area (Å²) >= 11 is 0. The van der Waals surface area contributed by atoms with Gasteiger partial charge in [0.05, 0.1) is 0 Å². The molecule has 0 aromatic heterocycles. The second-order valence-electron chi connectivity index (χ2n) is 7.59. The smallest absolute Gasteiger partial charge is 0.0110 e. The molecule has 2 fully saturated rings. The number of piperidine rings is 1. The number of hydrogen-bond donors (Lipinski definition) is 0. The van der Waals surface area contributed by atoms with Gasteiger partial charge in [-0.25, -0.2) is 0 Å². The largest absolute Gasteiger partial charge is 0.303 e. The van der Waals surface area contributed by atoms with Gasteiger partial charge in [-0.05, 0) is 59.3 Å². The van der Waals surface area contributed by atoms with E-state index in [0.29, 0.717) is 6.04 Å². The van der Waals surface area contributed by atoms with Crippen molar-refractivity contribution in [1.82, 2.24) is 19.6 Å². The van der Waals surface area contributed by atoms with Crippen molar-refractivity contribution < 1.29 is 0 Å². The summed E-state index contributed by atoms with van der Waals surface area (Å²) in [6.07, 6.45) is 2.80. The van der Waals surface area contributed by atoms with Crippen molar-refractivity contribution in [2.24, 2.45) is 5.92 Å². The molecule has 0 spiro atoms. The fourth-order valence-electron chi connectivity index (χ4n) is 3.60. The molecule has 0 N–H and O–H groups in total. The first-order chi connectivity index (χ1) is 10.6. The Hall–Kier alpha value is -0.160. The molecule has 2 aliphatic heterocycles. The molecule has 0 aromatic carbocycles. The van der Waals surface area contributed by atoms with E-state index in [1.807, 2.05) is 0 Å². The standard InChI is InChI=1S/C18H38N4/c1-5-20-12-14-22(15-13-20)16-18-6-8-21(9-7-18)11-10-19(4)17(2)3/h17-18H,5-16H2,1-4H3. The summed E-state index contributed by atoms with van der Waals surface area (Å²) in [7, 11) is 2.24. The van der Waals surface area contributed by atoms with Gasteiger partial charge in [-0.1, -0.05) is 6.92 Å². The van der Waals surface area contributed by atoms with Crippen molar-refractivity contribution >= 4 is 0 Å². The number of likely N-dealkylation sites (N-methyl/N-ethyl adjacent to an activating group) is 2. The molecular formula is C18H38N4. The molecule has 2 saturated heterocycles. The van der Waals surface area contributed by atoms with Gasteiger partial charge in [-0.3, -0.25) is 0 Å². The van der Waals surface area contributed by atoms with E-state index >= 15 is 0 Å². The lowest BCUT2D eigenvalue weighted by atomic mass is 9.96. The molecule has 22 heavy (non-hydrogen) atoms. The van der Waals surface area contributed by atoms with Crippen LogP contribution in [0.15, 0.2) is 0 Å². The second kappa shape index (κ2) is 9.21. The van der Waals surface area contributed by atoms with Gasteiger partial charge < -0.3 is 19.6 Å². The SMILES string of the molecule is CCN1CCN(CC2CCN(CCN(C)C(C)C)CC2)CC1. The summed E-state index contributed by atoms with van der Waals surface area (Å²) < 4.78 is 0. The fraction of sp³-hybridized carbons (Fsp3) is 1.00. The van der Waals surface area contributed by atoms with Gasteiger partial charge in [0.2, 0.25) is 0 Å². The summed E-state index contributed by atoms with van der Waals surface area (Å²) in [5.41, 5.74) is 0. The third kappa shape index (κ3) is 5.80. The zero-order valence-corrected chi connectivity index (χ0v) is 15.4. The summed E-state index contributed by atoms with van der Waals surface area (Å²) in [5.74, 6) is 0.937. The van der Waals surface area contributed by atoms with Gasteiger partial charge in [0.25, 0.3) is 0 Å². The molecule has 2 aliphatic rings.